The van der Waals surface area contributed by atoms with Crippen LogP contribution in [0.15, 0.2) is 30.3 Å². The summed E-state index contributed by atoms with van der Waals surface area (Å²) in [7, 11) is 0. The van der Waals surface area contributed by atoms with Crippen LogP contribution in [-0.4, -0.2) is 36.3 Å². The van der Waals surface area contributed by atoms with Crippen LogP contribution in [0.5, 0.6) is 0 Å². The minimum atomic E-state index is -0.982. The standard InChI is InChI=1S/C23H35N3O2/c24-21(27)23(13-5-6-14-23)22(28)26(18-20-9-2-1-3-10-20)17-7-4-8-19-11-15-25-16-12-19/h1-3,9-10,19,25H,4-8,11-18H2,(H2,24,27). The van der Waals surface area contributed by atoms with Crippen molar-refractivity contribution in [1.29, 1.82) is 0 Å². The zero-order chi connectivity index (χ0) is 19.8. The Balaban J connectivity index is 1.62. The number of hydrogen-bond acceptors (Lipinski definition) is 3. The summed E-state index contributed by atoms with van der Waals surface area (Å²) in [4.78, 5) is 27.5. The van der Waals surface area contributed by atoms with Crippen molar-refractivity contribution < 1.29 is 9.59 Å². The molecule has 0 atom stereocenters. The summed E-state index contributed by atoms with van der Waals surface area (Å²) in [6.45, 7) is 3.52. The van der Waals surface area contributed by atoms with E-state index in [4.69, 9.17) is 5.73 Å². The Morgan fingerprint density at radius 2 is 1.75 bits per heavy atom. The second-order valence-corrected chi connectivity index (χ2v) is 8.55. The van der Waals surface area contributed by atoms with E-state index in [0.717, 1.165) is 50.3 Å². The van der Waals surface area contributed by atoms with Crippen molar-refractivity contribution in [2.45, 2.75) is 64.3 Å². The number of unbranched alkanes of at least 4 members (excludes halogenated alkanes) is 1. The monoisotopic (exact) mass is 385 g/mol. The molecule has 0 spiro atoms. The Labute approximate surface area is 169 Å². The largest absolute Gasteiger partial charge is 0.369 e. The van der Waals surface area contributed by atoms with E-state index < -0.39 is 11.3 Å². The lowest BCUT2D eigenvalue weighted by molar-refractivity contribution is -0.149. The first-order valence-corrected chi connectivity index (χ1v) is 11.0. The Morgan fingerprint density at radius 1 is 1.07 bits per heavy atom. The number of carbonyl (C=O) groups is 2. The first-order valence-electron chi connectivity index (χ1n) is 11.0. The molecule has 2 aliphatic rings. The molecule has 0 bridgehead atoms. The van der Waals surface area contributed by atoms with Gasteiger partial charge in [-0.1, -0.05) is 56.0 Å². The van der Waals surface area contributed by atoms with Crippen molar-refractivity contribution in [3.63, 3.8) is 0 Å². The van der Waals surface area contributed by atoms with Crippen LogP contribution < -0.4 is 11.1 Å². The van der Waals surface area contributed by atoms with Crippen molar-refractivity contribution in [3.8, 4) is 0 Å². The molecule has 0 aromatic heterocycles. The zero-order valence-corrected chi connectivity index (χ0v) is 17.0. The zero-order valence-electron chi connectivity index (χ0n) is 17.0. The summed E-state index contributed by atoms with van der Waals surface area (Å²) >= 11 is 0. The number of benzene rings is 1. The quantitative estimate of drug-likeness (QED) is 0.506. The fourth-order valence-electron chi connectivity index (χ4n) is 4.81. The lowest BCUT2D eigenvalue weighted by Gasteiger charge is -2.32. The molecule has 0 unspecified atom stereocenters. The third kappa shape index (κ3) is 5.13. The summed E-state index contributed by atoms with van der Waals surface area (Å²) in [5.41, 5.74) is 5.85. The minimum absolute atomic E-state index is 0.0526. The molecular formula is C23H35N3O2. The second kappa shape index (κ2) is 10.1. The van der Waals surface area contributed by atoms with Crippen LogP contribution in [0.2, 0.25) is 0 Å². The predicted octanol–water partition coefficient (Wildman–Crippen LogP) is 3.23. The minimum Gasteiger partial charge on any atom is -0.369 e. The van der Waals surface area contributed by atoms with E-state index in [1.165, 1.54) is 19.3 Å². The van der Waals surface area contributed by atoms with Gasteiger partial charge >= 0.3 is 0 Å². The van der Waals surface area contributed by atoms with Gasteiger partial charge in [0.15, 0.2) is 0 Å². The summed E-state index contributed by atoms with van der Waals surface area (Å²) < 4.78 is 0. The first-order chi connectivity index (χ1) is 13.6. The maximum atomic E-state index is 13.4. The van der Waals surface area contributed by atoms with E-state index in [2.05, 4.69) is 5.32 Å². The molecule has 28 heavy (non-hydrogen) atoms. The van der Waals surface area contributed by atoms with E-state index in [1.807, 2.05) is 35.2 Å². The molecule has 1 saturated heterocycles. The summed E-state index contributed by atoms with van der Waals surface area (Å²) in [6, 6.07) is 10.1. The third-order valence-corrected chi connectivity index (χ3v) is 6.59. The van der Waals surface area contributed by atoms with Crippen molar-refractivity contribution in [2.24, 2.45) is 17.1 Å². The molecule has 1 aromatic carbocycles. The topological polar surface area (TPSA) is 75.4 Å². The van der Waals surface area contributed by atoms with Crippen molar-refractivity contribution in [2.75, 3.05) is 19.6 Å². The van der Waals surface area contributed by atoms with Gasteiger partial charge in [0, 0.05) is 13.1 Å². The normalized spacial score (nSPS) is 19.4. The SMILES string of the molecule is NC(=O)C1(C(=O)N(CCCCC2CCNCC2)Cc2ccccc2)CCCC1. The van der Waals surface area contributed by atoms with Gasteiger partial charge in [0.1, 0.15) is 5.41 Å². The van der Waals surface area contributed by atoms with Crippen LogP contribution in [0.4, 0.5) is 0 Å². The van der Waals surface area contributed by atoms with E-state index in [9.17, 15) is 9.59 Å². The van der Waals surface area contributed by atoms with Gasteiger partial charge in [0.2, 0.25) is 11.8 Å². The fourth-order valence-corrected chi connectivity index (χ4v) is 4.81. The highest BCUT2D eigenvalue weighted by Gasteiger charge is 2.48. The maximum absolute atomic E-state index is 13.4. The Bertz CT molecular complexity index is 635. The van der Waals surface area contributed by atoms with E-state index >= 15 is 0 Å². The number of nitrogens with two attached hydrogens (primary N) is 1. The molecule has 3 N–H and O–H groups in total. The van der Waals surface area contributed by atoms with Gasteiger partial charge in [-0.3, -0.25) is 9.59 Å². The van der Waals surface area contributed by atoms with E-state index in [-0.39, 0.29) is 5.91 Å². The smallest absolute Gasteiger partial charge is 0.238 e. The van der Waals surface area contributed by atoms with Crippen molar-refractivity contribution >= 4 is 11.8 Å². The average Bonchev–Trinajstić information content (AvgIpc) is 3.23. The molecule has 1 aliphatic carbocycles. The number of rotatable bonds is 9. The first kappa shape index (κ1) is 20.8. The lowest BCUT2D eigenvalue weighted by atomic mass is 9.83. The highest BCUT2D eigenvalue weighted by Crippen LogP contribution is 2.40. The number of primary amides is 1. The fraction of sp³-hybridized carbons (Fsp3) is 0.652. The Morgan fingerprint density at radius 3 is 2.39 bits per heavy atom. The molecule has 1 saturated carbocycles. The van der Waals surface area contributed by atoms with Crippen LogP contribution in [0.3, 0.4) is 0 Å². The van der Waals surface area contributed by atoms with Crippen LogP contribution in [0, 0.1) is 11.3 Å². The highest BCUT2D eigenvalue weighted by atomic mass is 16.2. The number of nitrogens with zero attached hydrogens (tertiary/aromatic N) is 1. The predicted molar refractivity (Wildman–Crippen MR) is 111 cm³/mol. The summed E-state index contributed by atoms with van der Waals surface area (Å²) in [5.74, 6) is 0.317. The molecule has 5 nitrogen and oxygen atoms in total. The summed E-state index contributed by atoms with van der Waals surface area (Å²) in [6.07, 6.45) is 8.88. The molecule has 1 aliphatic heterocycles. The third-order valence-electron chi connectivity index (χ3n) is 6.59. The highest BCUT2D eigenvalue weighted by molar-refractivity contribution is 6.04. The average molecular weight is 386 g/mol. The summed E-state index contributed by atoms with van der Waals surface area (Å²) in [5, 5.41) is 3.41. The molecule has 5 heteroatoms. The number of carbonyl (C=O) groups excluding carboxylic acids is 2. The molecule has 154 valence electrons. The maximum Gasteiger partial charge on any atom is 0.238 e. The number of nitrogens with one attached hydrogen (secondary N) is 1. The molecule has 0 radical (unpaired) electrons. The molecule has 1 aromatic rings. The lowest BCUT2D eigenvalue weighted by Crippen LogP contribution is -2.50. The number of hydrogen-bond donors (Lipinski definition) is 2. The van der Waals surface area contributed by atoms with Gasteiger partial charge < -0.3 is 16.0 Å². The van der Waals surface area contributed by atoms with E-state index in [0.29, 0.717) is 25.9 Å². The molecule has 1 heterocycles. The molecule has 2 fully saturated rings. The second-order valence-electron chi connectivity index (χ2n) is 8.55. The van der Waals surface area contributed by atoms with Crippen LogP contribution in [-0.2, 0) is 16.1 Å². The van der Waals surface area contributed by atoms with Gasteiger partial charge in [-0.25, -0.2) is 0 Å². The van der Waals surface area contributed by atoms with Gasteiger partial charge in [0.05, 0.1) is 0 Å². The van der Waals surface area contributed by atoms with Gasteiger partial charge in [0.25, 0.3) is 0 Å². The van der Waals surface area contributed by atoms with Gasteiger partial charge in [-0.2, -0.15) is 0 Å². The molecule has 3 rings (SSSR count). The Hall–Kier alpha value is -1.88. The molecular weight excluding hydrogens is 350 g/mol. The number of amides is 2. The van der Waals surface area contributed by atoms with Crippen LogP contribution >= 0.6 is 0 Å². The van der Waals surface area contributed by atoms with E-state index in [1.54, 1.807) is 0 Å². The molecule has 2 amide bonds. The van der Waals surface area contributed by atoms with Crippen molar-refractivity contribution in [3.05, 3.63) is 35.9 Å². The van der Waals surface area contributed by atoms with Crippen molar-refractivity contribution in [1.82, 2.24) is 10.2 Å². The van der Waals surface area contributed by atoms with Crippen LogP contribution in [0.1, 0.15) is 63.4 Å². The van der Waals surface area contributed by atoms with Gasteiger partial charge in [-0.05, 0) is 56.7 Å². The Kier molecular flexibility index (Phi) is 7.49. The van der Waals surface area contributed by atoms with Crippen LogP contribution in [0.25, 0.3) is 0 Å². The van der Waals surface area contributed by atoms with Gasteiger partial charge in [-0.15, -0.1) is 0 Å². The number of piperidine rings is 1.